The third kappa shape index (κ3) is 3.21. The van der Waals surface area contributed by atoms with Crippen LogP contribution in [0.2, 0.25) is 0 Å². The highest BCUT2D eigenvalue weighted by atomic mass is 32.2. The van der Waals surface area contributed by atoms with Gasteiger partial charge in [0.2, 0.25) is 0 Å². The molecule has 5 nitrogen and oxygen atoms in total. The van der Waals surface area contributed by atoms with Crippen molar-refractivity contribution in [2.24, 2.45) is 5.84 Å². The molecule has 0 aliphatic carbocycles. The van der Waals surface area contributed by atoms with E-state index in [4.69, 9.17) is 5.84 Å². The molecule has 0 aliphatic rings. The van der Waals surface area contributed by atoms with Gasteiger partial charge in [-0.2, -0.15) is 0 Å². The number of halogens is 1. The van der Waals surface area contributed by atoms with E-state index in [0.29, 0.717) is 5.69 Å². The first kappa shape index (κ1) is 13.3. The van der Waals surface area contributed by atoms with Gasteiger partial charge in [0.15, 0.2) is 0 Å². The molecule has 0 aromatic heterocycles. The van der Waals surface area contributed by atoms with Gasteiger partial charge in [0.1, 0.15) is 5.82 Å². The molecule has 0 saturated heterocycles. The maximum Gasteiger partial charge on any atom is 0.261 e. The van der Waals surface area contributed by atoms with Crippen molar-refractivity contribution < 1.29 is 12.8 Å². The largest absolute Gasteiger partial charge is 0.324 e. The second kappa shape index (κ2) is 5.25. The number of nitrogens with one attached hydrogen (secondary N) is 2. The molecule has 0 bridgehead atoms. The predicted molar refractivity (Wildman–Crippen MR) is 71.5 cm³/mol. The minimum Gasteiger partial charge on any atom is -0.324 e. The number of hydrogen-bond donors (Lipinski definition) is 3. The van der Waals surface area contributed by atoms with E-state index < -0.39 is 15.8 Å². The lowest BCUT2D eigenvalue weighted by molar-refractivity contribution is 0.601. The van der Waals surface area contributed by atoms with Crippen molar-refractivity contribution in [3.8, 4) is 0 Å². The zero-order valence-corrected chi connectivity index (χ0v) is 10.6. The van der Waals surface area contributed by atoms with Crippen molar-refractivity contribution in [1.29, 1.82) is 0 Å². The Hall–Kier alpha value is -2.12. The van der Waals surface area contributed by atoms with Crippen LogP contribution >= 0.6 is 0 Å². The van der Waals surface area contributed by atoms with E-state index in [0.717, 1.165) is 6.07 Å². The summed E-state index contributed by atoms with van der Waals surface area (Å²) in [5.74, 6) is 4.68. The van der Waals surface area contributed by atoms with Crippen molar-refractivity contribution >= 4 is 21.4 Å². The second-order valence-electron chi connectivity index (χ2n) is 3.78. The summed E-state index contributed by atoms with van der Waals surface area (Å²) in [5, 5.41) is 0. The standard InChI is InChI=1S/C12H12FN3O2S/c13-9-2-1-3-11(8-9)16-19(17,18)12-6-4-10(15-14)5-7-12/h1-8,15-16H,14H2. The van der Waals surface area contributed by atoms with Crippen LogP contribution in [-0.2, 0) is 10.0 Å². The lowest BCUT2D eigenvalue weighted by Gasteiger charge is -2.08. The van der Waals surface area contributed by atoms with E-state index in [2.05, 4.69) is 10.1 Å². The van der Waals surface area contributed by atoms with Gasteiger partial charge in [0, 0.05) is 5.69 Å². The van der Waals surface area contributed by atoms with Gasteiger partial charge in [-0.1, -0.05) is 6.07 Å². The number of hydrazine groups is 1. The first-order chi connectivity index (χ1) is 9.01. The molecule has 19 heavy (non-hydrogen) atoms. The summed E-state index contributed by atoms with van der Waals surface area (Å²) in [4.78, 5) is 0.0655. The molecule has 2 aromatic carbocycles. The van der Waals surface area contributed by atoms with E-state index >= 15 is 0 Å². The predicted octanol–water partition coefficient (Wildman–Crippen LogP) is 1.91. The van der Waals surface area contributed by atoms with E-state index in [9.17, 15) is 12.8 Å². The average molecular weight is 281 g/mol. The van der Waals surface area contributed by atoms with Crippen molar-refractivity contribution in [1.82, 2.24) is 0 Å². The number of rotatable bonds is 4. The Labute approximate surface area is 110 Å². The summed E-state index contributed by atoms with van der Waals surface area (Å²) in [6.45, 7) is 0. The van der Waals surface area contributed by atoms with Gasteiger partial charge in [0.05, 0.1) is 10.6 Å². The van der Waals surface area contributed by atoms with Crippen LogP contribution in [0.3, 0.4) is 0 Å². The Balaban J connectivity index is 2.27. The SMILES string of the molecule is NNc1ccc(S(=O)(=O)Nc2cccc(F)c2)cc1. The van der Waals surface area contributed by atoms with Gasteiger partial charge in [0.25, 0.3) is 10.0 Å². The number of nitrogens with two attached hydrogens (primary N) is 1. The summed E-state index contributed by atoms with van der Waals surface area (Å²) >= 11 is 0. The zero-order valence-electron chi connectivity index (χ0n) is 9.80. The van der Waals surface area contributed by atoms with Crippen LogP contribution in [0.25, 0.3) is 0 Å². The van der Waals surface area contributed by atoms with Crippen LogP contribution in [0, 0.1) is 5.82 Å². The van der Waals surface area contributed by atoms with Gasteiger partial charge in [-0.3, -0.25) is 10.6 Å². The topological polar surface area (TPSA) is 84.2 Å². The third-order valence-corrected chi connectivity index (χ3v) is 3.81. The van der Waals surface area contributed by atoms with E-state index in [1.165, 1.54) is 42.5 Å². The molecule has 4 N–H and O–H groups in total. The van der Waals surface area contributed by atoms with Crippen LogP contribution in [0.5, 0.6) is 0 Å². The second-order valence-corrected chi connectivity index (χ2v) is 5.47. The fourth-order valence-corrected chi connectivity index (χ4v) is 2.55. The molecule has 7 heteroatoms. The van der Waals surface area contributed by atoms with Gasteiger partial charge in [-0.15, -0.1) is 0 Å². The number of hydrogen-bond acceptors (Lipinski definition) is 4. The van der Waals surface area contributed by atoms with Crippen LogP contribution in [0.15, 0.2) is 53.4 Å². The minimum absolute atomic E-state index is 0.0655. The number of benzene rings is 2. The molecular formula is C12H12FN3O2S. The number of nitrogen functional groups attached to an aromatic ring is 1. The molecule has 0 saturated carbocycles. The van der Waals surface area contributed by atoms with Gasteiger partial charge in [-0.05, 0) is 42.5 Å². The molecule has 0 aliphatic heterocycles. The first-order valence-electron chi connectivity index (χ1n) is 5.36. The first-order valence-corrected chi connectivity index (χ1v) is 6.85. The van der Waals surface area contributed by atoms with Gasteiger partial charge >= 0.3 is 0 Å². The molecule has 0 unspecified atom stereocenters. The summed E-state index contributed by atoms with van der Waals surface area (Å²) in [5.41, 5.74) is 3.15. The summed E-state index contributed by atoms with van der Waals surface area (Å²) in [7, 11) is -3.74. The van der Waals surface area contributed by atoms with Crippen LogP contribution in [0.4, 0.5) is 15.8 Å². The molecule has 0 heterocycles. The highest BCUT2D eigenvalue weighted by Gasteiger charge is 2.14. The smallest absolute Gasteiger partial charge is 0.261 e. The Morgan fingerprint density at radius 2 is 1.68 bits per heavy atom. The summed E-state index contributed by atoms with van der Waals surface area (Å²) in [6, 6.07) is 11.1. The molecule has 0 fully saturated rings. The van der Waals surface area contributed by atoms with Crippen LogP contribution in [0.1, 0.15) is 0 Å². The molecular weight excluding hydrogens is 269 g/mol. The quantitative estimate of drug-likeness (QED) is 0.590. The molecule has 100 valence electrons. The van der Waals surface area contributed by atoms with E-state index in [1.807, 2.05) is 0 Å². The van der Waals surface area contributed by atoms with Crippen LogP contribution in [-0.4, -0.2) is 8.42 Å². The summed E-state index contributed by atoms with van der Waals surface area (Å²) < 4.78 is 39.3. The molecule has 0 atom stereocenters. The van der Waals surface area contributed by atoms with Crippen LogP contribution < -0.4 is 16.0 Å². The van der Waals surface area contributed by atoms with Crippen molar-refractivity contribution in [2.75, 3.05) is 10.1 Å². The maximum atomic E-state index is 13.0. The van der Waals surface area contributed by atoms with Crippen molar-refractivity contribution in [2.45, 2.75) is 4.90 Å². The van der Waals surface area contributed by atoms with Crippen molar-refractivity contribution in [3.05, 3.63) is 54.3 Å². The normalized spacial score (nSPS) is 11.1. The van der Waals surface area contributed by atoms with Gasteiger partial charge in [-0.25, -0.2) is 12.8 Å². The van der Waals surface area contributed by atoms with Crippen molar-refractivity contribution in [3.63, 3.8) is 0 Å². The molecule has 2 aromatic rings. The summed E-state index contributed by atoms with van der Waals surface area (Å²) in [6.07, 6.45) is 0. The average Bonchev–Trinajstić information content (AvgIpc) is 2.38. The Morgan fingerprint density at radius 1 is 1.00 bits per heavy atom. The third-order valence-electron chi connectivity index (χ3n) is 2.41. The minimum atomic E-state index is -3.74. The lowest BCUT2D eigenvalue weighted by Crippen LogP contribution is -2.13. The highest BCUT2D eigenvalue weighted by Crippen LogP contribution is 2.18. The lowest BCUT2D eigenvalue weighted by atomic mass is 10.3. The maximum absolute atomic E-state index is 13.0. The van der Waals surface area contributed by atoms with E-state index in [-0.39, 0.29) is 10.6 Å². The zero-order chi connectivity index (χ0) is 13.9. The molecule has 0 spiro atoms. The molecule has 0 amide bonds. The Morgan fingerprint density at radius 3 is 2.26 bits per heavy atom. The fourth-order valence-electron chi connectivity index (χ4n) is 1.50. The number of sulfonamides is 1. The molecule has 2 rings (SSSR count). The Bertz CT molecular complexity index is 672. The Kier molecular flexibility index (Phi) is 3.68. The highest BCUT2D eigenvalue weighted by molar-refractivity contribution is 7.92. The number of anilines is 2. The molecule has 0 radical (unpaired) electrons. The fraction of sp³-hybridized carbons (Fsp3) is 0. The monoisotopic (exact) mass is 281 g/mol. The van der Waals surface area contributed by atoms with Gasteiger partial charge < -0.3 is 5.43 Å². The van der Waals surface area contributed by atoms with E-state index in [1.54, 1.807) is 0 Å².